The van der Waals surface area contributed by atoms with Gasteiger partial charge in [0.1, 0.15) is 0 Å². The van der Waals surface area contributed by atoms with Crippen LogP contribution in [0.2, 0.25) is 0 Å². The van der Waals surface area contributed by atoms with Crippen molar-refractivity contribution in [1.82, 2.24) is 4.98 Å². The first-order valence-electron chi connectivity index (χ1n) is 6.39. The molecule has 2 nitrogen and oxygen atoms in total. The van der Waals surface area contributed by atoms with E-state index in [0.29, 0.717) is 6.54 Å². The molecule has 0 unspecified atom stereocenters. The van der Waals surface area contributed by atoms with Gasteiger partial charge in [0.15, 0.2) is 0 Å². The Balaban J connectivity index is 1.96. The molecule has 0 aliphatic heterocycles. The molecule has 0 spiro atoms. The molecule has 2 N–H and O–H groups in total. The molecule has 0 atom stereocenters. The van der Waals surface area contributed by atoms with Crippen LogP contribution in [-0.2, 0) is 13.0 Å². The maximum absolute atomic E-state index is 5.78. The highest BCUT2D eigenvalue weighted by atomic mass is 32.1. The molecule has 0 aliphatic carbocycles. The molecular formula is C16H16N2S. The Morgan fingerprint density at radius 3 is 2.68 bits per heavy atom. The number of rotatable bonds is 3. The van der Waals surface area contributed by atoms with E-state index in [4.69, 9.17) is 10.7 Å². The van der Waals surface area contributed by atoms with Gasteiger partial charge in [0.25, 0.3) is 0 Å². The lowest BCUT2D eigenvalue weighted by Gasteiger charge is -2.04. The Labute approximate surface area is 116 Å². The number of aromatic nitrogens is 1. The van der Waals surface area contributed by atoms with Gasteiger partial charge in [-0.25, -0.2) is 4.98 Å². The van der Waals surface area contributed by atoms with Gasteiger partial charge >= 0.3 is 0 Å². The van der Waals surface area contributed by atoms with Crippen molar-refractivity contribution < 1.29 is 0 Å². The number of hydrogen-bond acceptors (Lipinski definition) is 3. The van der Waals surface area contributed by atoms with Gasteiger partial charge in [-0.2, -0.15) is 0 Å². The lowest BCUT2D eigenvalue weighted by atomic mass is 10.1. The van der Waals surface area contributed by atoms with Crippen molar-refractivity contribution in [2.24, 2.45) is 5.73 Å². The van der Waals surface area contributed by atoms with Crippen LogP contribution in [0.5, 0.6) is 0 Å². The third-order valence-corrected chi connectivity index (χ3v) is 4.30. The molecule has 0 amide bonds. The second-order valence-corrected chi connectivity index (χ2v) is 5.84. The van der Waals surface area contributed by atoms with Crippen molar-refractivity contribution in [3.8, 4) is 0 Å². The van der Waals surface area contributed by atoms with E-state index in [0.717, 1.165) is 16.9 Å². The van der Waals surface area contributed by atoms with Crippen LogP contribution in [0.1, 0.15) is 21.7 Å². The highest BCUT2D eigenvalue weighted by Crippen LogP contribution is 2.25. The first-order chi connectivity index (χ1) is 9.26. The van der Waals surface area contributed by atoms with E-state index in [2.05, 4.69) is 43.3 Å². The van der Waals surface area contributed by atoms with E-state index in [1.165, 1.54) is 21.4 Å². The molecular weight excluding hydrogens is 252 g/mol. The fourth-order valence-electron chi connectivity index (χ4n) is 2.25. The van der Waals surface area contributed by atoms with Crippen molar-refractivity contribution in [1.29, 1.82) is 0 Å². The van der Waals surface area contributed by atoms with Crippen molar-refractivity contribution in [2.75, 3.05) is 0 Å². The molecule has 1 heterocycles. The summed E-state index contributed by atoms with van der Waals surface area (Å²) in [5.74, 6) is 0. The predicted molar refractivity (Wildman–Crippen MR) is 81.5 cm³/mol. The zero-order chi connectivity index (χ0) is 13.2. The lowest BCUT2D eigenvalue weighted by Crippen LogP contribution is -2.01. The Morgan fingerprint density at radius 2 is 1.89 bits per heavy atom. The van der Waals surface area contributed by atoms with Gasteiger partial charge in [0, 0.05) is 13.0 Å². The van der Waals surface area contributed by atoms with Crippen LogP contribution in [0.15, 0.2) is 42.5 Å². The predicted octanol–water partition coefficient (Wildman–Crippen LogP) is 3.65. The van der Waals surface area contributed by atoms with Gasteiger partial charge < -0.3 is 5.73 Å². The molecule has 96 valence electrons. The second kappa shape index (κ2) is 5.11. The molecule has 19 heavy (non-hydrogen) atoms. The summed E-state index contributed by atoms with van der Waals surface area (Å²) in [6.45, 7) is 2.68. The fraction of sp³-hybridized carbons (Fsp3) is 0.188. The summed E-state index contributed by atoms with van der Waals surface area (Å²) >= 11 is 1.77. The SMILES string of the molecule is Cc1ccc2sc(Cc3ccccc3CN)nc2c1. The summed E-state index contributed by atoms with van der Waals surface area (Å²) in [7, 11) is 0. The monoisotopic (exact) mass is 268 g/mol. The standard InChI is InChI=1S/C16H16N2S/c1-11-6-7-15-14(8-11)18-16(19-15)9-12-4-2-3-5-13(12)10-17/h2-8H,9-10,17H2,1H3. The third kappa shape index (κ3) is 2.53. The highest BCUT2D eigenvalue weighted by Gasteiger charge is 2.07. The normalized spacial score (nSPS) is 11.1. The molecule has 3 rings (SSSR count). The Hall–Kier alpha value is -1.71. The quantitative estimate of drug-likeness (QED) is 0.787. The van der Waals surface area contributed by atoms with Crippen LogP contribution in [0.25, 0.3) is 10.2 Å². The molecule has 0 saturated heterocycles. The molecule has 0 bridgehead atoms. The van der Waals surface area contributed by atoms with Crippen LogP contribution < -0.4 is 5.73 Å². The van der Waals surface area contributed by atoms with Gasteiger partial charge in [0.05, 0.1) is 15.2 Å². The summed E-state index contributed by atoms with van der Waals surface area (Å²) in [6, 6.07) is 14.8. The van der Waals surface area contributed by atoms with Gasteiger partial charge in [-0.15, -0.1) is 11.3 Å². The largest absolute Gasteiger partial charge is 0.326 e. The van der Waals surface area contributed by atoms with E-state index in [9.17, 15) is 0 Å². The molecule has 0 radical (unpaired) electrons. The summed E-state index contributed by atoms with van der Waals surface area (Å²) < 4.78 is 1.26. The Bertz CT molecular complexity index is 716. The second-order valence-electron chi connectivity index (χ2n) is 4.73. The molecule has 1 aromatic heterocycles. The average Bonchev–Trinajstić information content (AvgIpc) is 2.80. The summed E-state index contributed by atoms with van der Waals surface area (Å²) in [5, 5.41) is 1.15. The zero-order valence-electron chi connectivity index (χ0n) is 10.9. The van der Waals surface area contributed by atoms with Gasteiger partial charge in [-0.1, -0.05) is 30.3 Å². The van der Waals surface area contributed by atoms with E-state index in [1.807, 2.05) is 6.07 Å². The third-order valence-electron chi connectivity index (χ3n) is 3.27. The van der Waals surface area contributed by atoms with Gasteiger partial charge in [0.2, 0.25) is 0 Å². The molecule has 3 heteroatoms. The number of hydrogen-bond donors (Lipinski definition) is 1. The zero-order valence-corrected chi connectivity index (χ0v) is 11.7. The summed E-state index contributed by atoms with van der Waals surface area (Å²) in [6.07, 6.45) is 0.867. The maximum atomic E-state index is 5.78. The number of thiazole rings is 1. The topological polar surface area (TPSA) is 38.9 Å². The van der Waals surface area contributed by atoms with Gasteiger partial charge in [-0.05, 0) is 35.7 Å². The van der Waals surface area contributed by atoms with Crippen molar-refractivity contribution in [3.63, 3.8) is 0 Å². The number of fused-ring (bicyclic) bond motifs is 1. The minimum atomic E-state index is 0.584. The number of nitrogens with zero attached hydrogens (tertiary/aromatic N) is 1. The van der Waals surface area contributed by atoms with Gasteiger partial charge in [-0.3, -0.25) is 0 Å². The maximum Gasteiger partial charge on any atom is 0.0982 e. The molecule has 0 fully saturated rings. The van der Waals surface area contributed by atoms with Crippen LogP contribution >= 0.6 is 11.3 Å². The van der Waals surface area contributed by atoms with Crippen molar-refractivity contribution in [2.45, 2.75) is 19.9 Å². The first-order valence-corrected chi connectivity index (χ1v) is 7.21. The molecule has 3 aromatic rings. The van der Waals surface area contributed by atoms with Crippen molar-refractivity contribution in [3.05, 3.63) is 64.2 Å². The van der Waals surface area contributed by atoms with Crippen LogP contribution in [0, 0.1) is 6.92 Å². The van der Waals surface area contributed by atoms with Crippen LogP contribution in [-0.4, -0.2) is 4.98 Å². The first kappa shape index (κ1) is 12.3. The Kier molecular flexibility index (Phi) is 3.32. The van der Waals surface area contributed by atoms with E-state index in [1.54, 1.807) is 11.3 Å². The molecule has 0 aliphatic rings. The summed E-state index contributed by atoms with van der Waals surface area (Å²) in [4.78, 5) is 4.72. The van der Waals surface area contributed by atoms with Crippen molar-refractivity contribution >= 4 is 21.6 Å². The molecule has 0 saturated carbocycles. The smallest absolute Gasteiger partial charge is 0.0982 e. The fourth-order valence-corrected chi connectivity index (χ4v) is 3.22. The average molecular weight is 268 g/mol. The minimum Gasteiger partial charge on any atom is -0.326 e. The lowest BCUT2D eigenvalue weighted by molar-refractivity contribution is 1.01. The van der Waals surface area contributed by atoms with Crippen LogP contribution in [0.4, 0.5) is 0 Å². The highest BCUT2D eigenvalue weighted by molar-refractivity contribution is 7.18. The van der Waals surface area contributed by atoms with E-state index >= 15 is 0 Å². The van der Waals surface area contributed by atoms with Crippen LogP contribution in [0.3, 0.4) is 0 Å². The number of benzene rings is 2. The summed E-state index contributed by atoms with van der Waals surface area (Å²) in [5.41, 5.74) is 10.6. The Morgan fingerprint density at radius 1 is 1.11 bits per heavy atom. The molecule has 2 aromatic carbocycles. The van der Waals surface area contributed by atoms with E-state index in [-0.39, 0.29) is 0 Å². The van der Waals surface area contributed by atoms with E-state index < -0.39 is 0 Å². The number of aryl methyl sites for hydroxylation is 1. The number of nitrogens with two attached hydrogens (primary N) is 1. The minimum absolute atomic E-state index is 0.584.